The van der Waals surface area contributed by atoms with Crippen LogP contribution in [-0.2, 0) is 30.8 Å². The number of alkyl halides is 1. The molecule has 55 heavy (non-hydrogen) atoms. The van der Waals surface area contributed by atoms with E-state index in [2.05, 4.69) is 60.6 Å². The fourth-order valence-corrected chi connectivity index (χ4v) is 7.23. The lowest BCUT2D eigenvalue weighted by Gasteiger charge is -2.20. The van der Waals surface area contributed by atoms with E-state index < -0.39 is 11.7 Å². The minimum absolute atomic E-state index is 0.180. The largest absolute Gasteiger partial charge is 0.468 e. The zero-order valence-electron chi connectivity index (χ0n) is 34.2. The Kier molecular flexibility index (Phi) is 23.1. The first-order valence-electron chi connectivity index (χ1n) is 18.7. The van der Waals surface area contributed by atoms with E-state index in [4.69, 9.17) is 4.74 Å². The van der Waals surface area contributed by atoms with Crippen molar-refractivity contribution in [3.05, 3.63) is 32.6 Å². The number of alkyl carbamates (subject to hydrolysis) is 1. The van der Waals surface area contributed by atoms with Crippen molar-refractivity contribution >= 4 is 60.8 Å². The fourth-order valence-electron chi connectivity index (χ4n) is 6.50. The summed E-state index contributed by atoms with van der Waals surface area (Å²) in [5.74, 6) is -0.541. The molecule has 0 bridgehead atoms. The molecule has 3 saturated heterocycles. The Morgan fingerprint density at radius 3 is 2.13 bits per heavy atom. The Balaban J connectivity index is 0.000000377. The van der Waals surface area contributed by atoms with Crippen molar-refractivity contribution in [2.24, 2.45) is 7.05 Å². The van der Waals surface area contributed by atoms with Gasteiger partial charge in [-0.05, 0) is 67.0 Å². The van der Waals surface area contributed by atoms with Gasteiger partial charge in [-0.1, -0.05) is 29.8 Å². The number of amides is 1. The first-order valence-corrected chi connectivity index (χ1v) is 20.9. The van der Waals surface area contributed by atoms with Crippen molar-refractivity contribution in [1.82, 2.24) is 24.3 Å². The van der Waals surface area contributed by atoms with Crippen LogP contribution in [-0.4, -0.2) is 151 Å². The van der Waals surface area contributed by atoms with Gasteiger partial charge in [0, 0.05) is 62.7 Å². The van der Waals surface area contributed by atoms with E-state index in [0.29, 0.717) is 44.1 Å². The number of rotatable bonds is 9. The predicted molar refractivity (Wildman–Crippen MR) is 223 cm³/mol. The summed E-state index contributed by atoms with van der Waals surface area (Å²) in [5.41, 5.74) is -0.177. The number of nitrogens with zero attached hydrogens (tertiary/aromatic N) is 5. The van der Waals surface area contributed by atoms with Crippen molar-refractivity contribution in [2.45, 2.75) is 123 Å². The van der Waals surface area contributed by atoms with E-state index >= 15 is 0 Å². The number of aliphatic hydroxyl groups excluding tert-OH is 2. The summed E-state index contributed by atoms with van der Waals surface area (Å²) in [7, 11) is 4.28. The molecule has 0 saturated carbocycles. The summed E-state index contributed by atoms with van der Waals surface area (Å²) in [6.07, 6.45) is 4.55. The smallest absolute Gasteiger partial charge is 0.407 e. The standard InChI is InChI=1S/C14H23N3O2.C9H17NO3.C7H14BrNO2.C7H10INO3/c1-5-6-16-9-12(7-11(16)3)17-8-10(2)13(18)15(4)14(17)19;1-3-4-10-6-7(11)5-8(10)9(12)13-2;1-7(2,3)11-6(10)9-5-4-8;1-12-7(11)6-2-5(10)3-9(6)4-8/h8,11-12H,5-7,9H2,1-4H3;7-8,11H,3-6H2,1-2H3;4-5H2,1-3H3,(H,9,10);5-6,10H,2-3H2,1H3. The van der Waals surface area contributed by atoms with Gasteiger partial charge in [0.25, 0.3) is 5.56 Å². The summed E-state index contributed by atoms with van der Waals surface area (Å²) < 4.78 is 21.6. The van der Waals surface area contributed by atoms with Crippen LogP contribution in [0.2, 0.25) is 0 Å². The first-order chi connectivity index (χ1) is 25.8. The lowest BCUT2D eigenvalue weighted by Crippen LogP contribution is -2.40. The number of ether oxygens (including phenoxy) is 3. The summed E-state index contributed by atoms with van der Waals surface area (Å²) in [4.78, 5) is 61.6. The third-order valence-corrected chi connectivity index (χ3v) is 10.1. The molecule has 0 spiro atoms. The quantitative estimate of drug-likeness (QED) is 0.0823. The lowest BCUT2D eigenvalue weighted by molar-refractivity contribution is -0.528. The second-order valence-electron chi connectivity index (χ2n) is 14.8. The monoisotopic (exact) mass is 958 g/mol. The van der Waals surface area contributed by atoms with Crippen molar-refractivity contribution in [3.63, 3.8) is 0 Å². The lowest BCUT2D eigenvalue weighted by atomic mass is 10.2. The van der Waals surface area contributed by atoms with Crippen LogP contribution in [0.1, 0.15) is 85.3 Å². The van der Waals surface area contributed by atoms with Gasteiger partial charge in [-0.2, -0.15) is 0 Å². The number of aliphatic hydroxyl groups is 2. The number of halogens is 2. The number of carbonyl (C=O) groups is 3. The predicted octanol–water partition coefficient (Wildman–Crippen LogP) is 2.46. The number of aromatic nitrogens is 2. The third-order valence-electron chi connectivity index (χ3n) is 9.06. The number of β-amino-alcohol motifs (C(OH)–C–C–N with tert-alkyl or cyclic N) is 2. The van der Waals surface area contributed by atoms with Gasteiger partial charge in [0.2, 0.25) is 6.04 Å². The molecule has 1 amide bonds. The van der Waals surface area contributed by atoms with Gasteiger partial charge in [-0.3, -0.25) is 28.5 Å². The molecule has 3 N–H and O–H groups in total. The number of hydrogen-bond acceptors (Lipinski definition) is 12. The molecule has 0 radical (unpaired) electrons. The van der Waals surface area contributed by atoms with Crippen LogP contribution in [0.4, 0.5) is 4.79 Å². The molecule has 316 valence electrons. The minimum Gasteiger partial charge on any atom is -0.468 e. The molecule has 0 aromatic carbocycles. The van der Waals surface area contributed by atoms with Gasteiger partial charge >= 0.3 is 23.7 Å². The molecular formula is C37H64BrIN6O10. The zero-order valence-corrected chi connectivity index (χ0v) is 37.9. The average molecular weight is 960 g/mol. The second kappa shape index (κ2) is 25.1. The highest BCUT2D eigenvalue weighted by Crippen LogP contribution is 2.26. The SMILES string of the molecule is CC(C)(C)OC(=O)NCCBr.CCCN1CC(O)CC1C(=O)OC.CCCN1CC(n2cc(C)c(=O)n(C)c2=O)CC1C.COC(=O)C1CC(O)C[N+]1=[C-]I. The molecule has 0 aliphatic carbocycles. The molecule has 6 atom stereocenters. The molecule has 3 fully saturated rings. The zero-order chi connectivity index (χ0) is 42.0. The number of methoxy groups -OCH3 is 2. The third kappa shape index (κ3) is 16.9. The molecule has 4 rings (SSSR count). The van der Waals surface area contributed by atoms with Crippen LogP contribution in [0.5, 0.6) is 0 Å². The molecule has 1 aromatic rings. The second-order valence-corrected chi connectivity index (χ2v) is 16.1. The minimum atomic E-state index is -0.448. The van der Waals surface area contributed by atoms with Crippen molar-refractivity contribution in [3.8, 4) is 0 Å². The van der Waals surface area contributed by atoms with Crippen LogP contribution in [0.15, 0.2) is 15.8 Å². The average Bonchev–Trinajstić information content (AvgIpc) is 3.82. The highest BCUT2D eigenvalue weighted by Gasteiger charge is 2.37. The van der Waals surface area contributed by atoms with Gasteiger partial charge in [-0.25, -0.2) is 37.0 Å². The maximum absolute atomic E-state index is 12.2. The van der Waals surface area contributed by atoms with E-state index in [1.54, 1.807) is 29.3 Å². The Morgan fingerprint density at radius 2 is 1.60 bits per heavy atom. The fraction of sp³-hybridized carbons (Fsp3) is 0.784. The van der Waals surface area contributed by atoms with E-state index in [1.165, 1.54) is 18.8 Å². The van der Waals surface area contributed by atoms with Gasteiger partial charge < -0.3 is 34.3 Å². The van der Waals surface area contributed by atoms with Crippen LogP contribution >= 0.6 is 38.5 Å². The Hall–Kier alpha value is -2.39. The number of hydrogen-bond donors (Lipinski definition) is 3. The summed E-state index contributed by atoms with van der Waals surface area (Å²) in [5, 5.41) is 22.0. The molecule has 16 nitrogen and oxygen atoms in total. The van der Waals surface area contributed by atoms with Crippen LogP contribution < -0.4 is 16.6 Å². The van der Waals surface area contributed by atoms with Gasteiger partial charge in [0.15, 0.2) is 0 Å². The molecule has 6 unspecified atom stereocenters. The first kappa shape index (κ1) is 50.6. The molecular weight excluding hydrogens is 895 g/mol. The molecule has 3 aliphatic heterocycles. The van der Waals surface area contributed by atoms with Gasteiger partial charge in [-0.15, -0.1) is 4.22 Å². The number of nitrogens with one attached hydrogen (secondary N) is 1. The summed E-state index contributed by atoms with van der Waals surface area (Å²) in [6.45, 7) is 18.1. The maximum atomic E-state index is 12.2. The number of esters is 2. The normalized spacial score (nSPS) is 24.4. The summed E-state index contributed by atoms with van der Waals surface area (Å²) >= 11 is 5.11. The van der Waals surface area contributed by atoms with Crippen LogP contribution in [0.25, 0.3) is 0 Å². The molecule has 1 aromatic heterocycles. The van der Waals surface area contributed by atoms with Crippen molar-refractivity contribution < 1.29 is 43.4 Å². The number of carbonyl (C=O) groups excluding carboxylic acids is 3. The Bertz CT molecular complexity index is 1520. The molecule has 4 heterocycles. The maximum Gasteiger partial charge on any atom is 0.407 e. The van der Waals surface area contributed by atoms with Crippen molar-refractivity contribution in [1.29, 1.82) is 0 Å². The van der Waals surface area contributed by atoms with Crippen molar-refractivity contribution in [2.75, 3.05) is 58.8 Å². The number of aryl methyl sites for hydroxylation is 1. The van der Waals surface area contributed by atoms with Gasteiger partial charge in [0.1, 0.15) is 24.3 Å². The Morgan fingerprint density at radius 1 is 1.00 bits per heavy atom. The van der Waals surface area contributed by atoms with E-state index in [9.17, 15) is 34.2 Å². The highest BCUT2D eigenvalue weighted by molar-refractivity contribution is 14.1. The number of likely N-dealkylation sites (tertiary alicyclic amines) is 2. The highest BCUT2D eigenvalue weighted by atomic mass is 127. The topological polar surface area (TPSA) is 185 Å². The summed E-state index contributed by atoms with van der Waals surface area (Å²) in [6, 6.07) is 0.0794. The van der Waals surface area contributed by atoms with E-state index in [1.807, 2.05) is 48.3 Å². The Labute approximate surface area is 347 Å². The molecule has 18 heteroatoms. The van der Waals surface area contributed by atoms with Crippen LogP contribution in [0.3, 0.4) is 0 Å². The van der Waals surface area contributed by atoms with E-state index in [-0.39, 0.29) is 53.5 Å². The molecule has 3 aliphatic rings. The van der Waals surface area contributed by atoms with Crippen LogP contribution in [0, 0.1) is 6.92 Å². The van der Waals surface area contributed by atoms with Gasteiger partial charge in [0.05, 0.1) is 26.4 Å². The van der Waals surface area contributed by atoms with E-state index in [0.717, 1.165) is 44.2 Å².